The molecular formula is C15H19NO6. The first kappa shape index (κ1) is 17.6. The second-order valence-electron chi connectivity index (χ2n) is 4.95. The molecule has 0 aliphatic rings. The smallest absolute Gasteiger partial charge is 0.348 e. The van der Waals surface area contributed by atoms with Crippen molar-refractivity contribution in [2.24, 2.45) is 0 Å². The Morgan fingerprint density at radius 3 is 2.23 bits per heavy atom. The molecule has 1 aromatic carbocycles. The van der Waals surface area contributed by atoms with Crippen molar-refractivity contribution in [1.29, 1.82) is 0 Å². The lowest BCUT2D eigenvalue weighted by molar-refractivity contribution is -0.182. The zero-order valence-corrected chi connectivity index (χ0v) is 12.7. The number of hydrogen-bond donors (Lipinski definition) is 2. The molecule has 1 amide bonds. The Morgan fingerprint density at radius 2 is 1.77 bits per heavy atom. The van der Waals surface area contributed by atoms with Crippen LogP contribution in [-0.2, 0) is 20.7 Å². The highest BCUT2D eigenvalue weighted by Crippen LogP contribution is 2.21. The maximum absolute atomic E-state index is 11.9. The lowest BCUT2D eigenvalue weighted by atomic mass is 9.93. The van der Waals surface area contributed by atoms with E-state index in [0.717, 1.165) is 0 Å². The topological polar surface area (TPSA) is 104 Å². The quantitative estimate of drug-likeness (QED) is 0.724. The molecule has 2 N–H and O–H groups in total. The van der Waals surface area contributed by atoms with Gasteiger partial charge in [-0.15, -0.1) is 0 Å². The number of carboxylic acid groups (broad SMARTS) is 2. The van der Waals surface area contributed by atoms with Crippen molar-refractivity contribution in [2.45, 2.75) is 18.9 Å². The molecule has 0 atom stereocenters. The highest BCUT2D eigenvalue weighted by molar-refractivity contribution is 6.02. The van der Waals surface area contributed by atoms with Crippen LogP contribution in [0.25, 0.3) is 0 Å². The summed E-state index contributed by atoms with van der Waals surface area (Å²) in [6.45, 7) is 1.46. The summed E-state index contributed by atoms with van der Waals surface area (Å²) in [5.41, 5.74) is -1.62. The molecule has 7 heteroatoms. The molecule has 1 aromatic rings. The lowest BCUT2D eigenvalue weighted by Crippen LogP contribution is -2.51. The highest BCUT2D eigenvalue weighted by Gasteiger charge is 2.48. The van der Waals surface area contributed by atoms with E-state index in [1.807, 2.05) is 0 Å². The van der Waals surface area contributed by atoms with E-state index in [-0.39, 0.29) is 18.9 Å². The van der Waals surface area contributed by atoms with Crippen LogP contribution in [0.15, 0.2) is 24.3 Å². The number of hydrogen-bond acceptors (Lipinski definition) is 4. The molecule has 0 unspecified atom stereocenters. The molecule has 7 nitrogen and oxygen atoms in total. The fourth-order valence-corrected chi connectivity index (χ4v) is 2.02. The van der Waals surface area contributed by atoms with Crippen molar-refractivity contribution in [3.63, 3.8) is 0 Å². The number of aliphatic carboxylic acids is 2. The normalized spacial score (nSPS) is 11.0. The number of benzene rings is 1. The lowest BCUT2D eigenvalue weighted by Gasteiger charge is -2.25. The average Bonchev–Trinajstić information content (AvgIpc) is 2.45. The summed E-state index contributed by atoms with van der Waals surface area (Å²) in [6, 6.07) is 6.19. The third-order valence-electron chi connectivity index (χ3n) is 3.11. The SMILES string of the molecule is CCOC(Cc1cccc(C(=O)N(C)C)c1)(C(=O)O)C(=O)O. The number of carbonyl (C=O) groups excluding carboxylic acids is 1. The van der Waals surface area contributed by atoms with Gasteiger partial charge in [0.05, 0.1) is 0 Å². The van der Waals surface area contributed by atoms with Crippen LogP contribution < -0.4 is 0 Å². The largest absolute Gasteiger partial charge is 0.479 e. The second kappa shape index (κ2) is 7.04. The molecule has 0 aromatic heterocycles. The van der Waals surface area contributed by atoms with Crippen molar-refractivity contribution in [3.8, 4) is 0 Å². The van der Waals surface area contributed by atoms with Gasteiger partial charge < -0.3 is 19.8 Å². The van der Waals surface area contributed by atoms with Gasteiger partial charge >= 0.3 is 11.9 Å². The van der Waals surface area contributed by atoms with E-state index in [1.165, 1.54) is 17.9 Å². The maximum Gasteiger partial charge on any atom is 0.348 e. The Hall–Kier alpha value is -2.41. The van der Waals surface area contributed by atoms with Gasteiger partial charge in [-0.05, 0) is 24.6 Å². The van der Waals surface area contributed by atoms with E-state index in [0.29, 0.717) is 11.1 Å². The van der Waals surface area contributed by atoms with E-state index in [9.17, 15) is 24.6 Å². The third-order valence-corrected chi connectivity index (χ3v) is 3.11. The summed E-state index contributed by atoms with van der Waals surface area (Å²) in [7, 11) is 3.18. The molecule has 0 saturated carbocycles. The highest BCUT2D eigenvalue weighted by atomic mass is 16.5. The Kier molecular flexibility index (Phi) is 5.64. The number of amides is 1. The summed E-state index contributed by atoms with van der Waals surface area (Å²) in [5.74, 6) is -3.41. The van der Waals surface area contributed by atoms with Crippen LogP contribution in [0.3, 0.4) is 0 Å². The Balaban J connectivity index is 3.19. The van der Waals surface area contributed by atoms with Gasteiger partial charge in [0.25, 0.3) is 11.5 Å². The standard InChI is InChI=1S/C15H19NO6/c1-4-22-15(13(18)19,14(20)21)9-10-6-5-7-11(8-10)12(17)16(2)3/h5-8H,4,9H2,1-3H3,(H,18,19)(H,20,21). The Morgan fingerprint density at radius 1 is 1.18 bits per heavy atom. The second-order valence-corrected chi connectivity index (χ2v) is 4.95. The van der Waals surface area contributed by atoms with Gasteiger partial charge in [0.15, 0.2) is 0 Å². The molecule has 0 bridgehead atoms. The van der Waals surface area contributed by atoms with E-state index >= 15 is 0 Å². The van der Waals surface area contributed by atoms with Gasteiger partial charge in [-0.3, -0.25) is 4.79 Å². The minimum Gasteiger partial charge on any atom is -0.479 e. The van der Waals surface area contributed by atoms with Crippen LogP contribution in [0.5, 0.6) is 0 Å². The molecule has 0 saturated heterocycles. The van der Waals surface area contributed by atoms with Gasteiger partial charge in [-0.2, -0.15) is 0 Å². The maximum atomic E-state index is 11.9. The van der Waals surface area contributed by atoms with Crippen LogP contribution in [0.1, 0.15) is 22.8 Å². The third kappa shape index (κ3) is 3.62. The summed E-state index contributed by atoms with van der Waals surface area (Å²) in [4.78, 5) is 36.1. The fraction of sp³-hybridized carbons (Fsp3) is 0.400. The van der Waals surface area contributed by atoms with Gasteiger partial charge in [-0.25, -0.2) is 9.59 Å². The monoisotopic (exact) mass is 309 g/mol. The van der Waals surface area contributed by atoms with E-state index in [2.05, 4.69) is 0 Å². The Bertz CT molecular complexity index is 567. The molecule has 0 fully saturated rings. The Labute approximate surface area is 128 Å². The first-order chi connectivity index (χ1) is 10.2. The molecular weight excluding hydrogens is 290 g/mol. The molecule has 0 aliphatic heterocycles. The van der Waals surface area contributed by atoms with Crippen LogP contribution in [0.4, 0.5) is 0 Å². The number of nitrogens with zero attached hydrogens (tertiary/aromatic N) is 1. The minimum atomic E-state index is -2.37. The van der Waals surface area contributed by atoms with Gasteiger partial charge in [0.1, 0.15) is 0 Å². The van der Waals surface area contributed by atoms with E-state index in [1.54, 1.807) is 32.3 Å². The summed E-state index contributed by atoms with van der Waals surface area (Å²) >= 11 is 0. The predicted octanol–water partition coefficient (Wildman–Crippen LogP) is 0.875. The van der Waals surface area contributed by atoms with Gasteiger partial charge in [-0.1, -0.05) is 12.1 Å². The molecule has 0 spiro atoms. The number of carboxylic acids is 2. The molecule has 0 heterocycles. The first-order valence-electron chi connectivity index (χ1n) is 6.66. The van der Waals surface area contributed by atoms with Crippen molar-refractivity contribution in [3.05, 3.63) is 35.4 Å². The van der Waals surface area contributed by atoms with Crippen molar-refractivity contribution < 1.29 is 29.3 Å². The van der Waals surface area contributed by atoms with Crippen molar-refractivity contribution in [1.82, 2.24) is 4.90 Å². The van der Waals surface area contributed by atoms with Crippen LogP contribution in [0, 0.1) is 0 Å². The number of carbonyl (C=O) groups is 3. The van der Waals surface area contributed by atoms with E-state index < -0.39 is 17.5 Å². The predicted molar refractivity (Wildman–Crippen MR) is 77.8 cm³/mol. The fourth-order valence-electron chi connectivity index (χ4n) is 2.02. The number of ether oxygens (including phenoxy) is 1. The van der Waals surface area contributed by atoms with Gasteiger partial charge in [0.2, 0.25) is 0 Å². The zero-order chi connectivity index (χ0) is 16.9. The molecule has 1 rings (SSSR count). The van der Waals surface area contributed by atoms with Crippen LogP contribution >= 0.6 is 0 Å². The average molecular weight is 309 g/mol. The van der Waals surface area contributed by atoms with Crippen molar-refractivity contribution in [2.75, 3.05) is 20.7 Å². The van der Waals surface area contributed by atoms with E-state index in [4.69, 9.17) is 4.74 Å². The van der Waals surface area contributed by atoms with Gasteiger partial charge in [0, 0.05) is 32.7 Å². The molecule has 120 valence electrons. The summed E-state index contributed by atoms with van der Waals surface area (Å²) < 4.78 is 5.01. The summed E-state index contributed by atoms with van der Waals surface area (Å²) in [5, 5.41) is 18.5. The van der Waals surface area contributed by atoms with Crippen LogP contribution in [-0.4, -0.2) is 59.3 Å². The molecule has 0 aliphatic carbocycles. The number of rotatable bonds is 7. The summed E-state index contributed by atoms with van der Waals surface area (Å²) in [6.07, 6.45) is -0.375. The first-order valence-corrected chi connectivity index (χ1v) is 6.66. The zero-order valence-electron chi connectivity index (χ0n) is 12.7. The van der Waals surface area contributed by atoms with Crippen LogP contribution in [0.2, 0.25) is 0 Å². The van der Waals surface area contributed by atoms with Crippen molar-refractivity contribution >= 4 is 17.8 Å². The minimum absolute atomic E-state index is 0.0606. The molecule has 0 radical (unpaired) electrons. The molecule has 22 heavy (non-hydrogen) atoms.